The molecular weight excluding hydrogens is 298 g/mol. The fourth-order valence-corrected chi connectivity index (χ4v) is 4.49. The molecule has 3 fully saturated rings. The van der Waals surface area contributed by atoms with E-state index >= 15 is 0 Å². The Morgan fingerprint density at radius 2 is 2.09 bits per heavy atom. The fraction of sp³-hybridized carbons (Fsp3) is 0.529. The van der Waals surface area contributed by atoms with Crippen molar-refractivity contribution in [2.75, 3.05) is 19.5 Å². The molecule has 6 nitrogen and oxygen atoms in total. The van der Waals surface area contributed by atoms with E-state index in [1.165, 1.54) is 0 Å². The van der Waals surface area contributed by atoms with Crippen molar-refractivity contribution in [1.82, 2.24) is 0 Å². The maximum absolute atomic E-state index is 12.8. The number of nitrogens with one attached hydrogen (secondary N) is 1. The minimum atomic E-state index is -0.304. The van der Waals surface area contributed by atoms with E-state index < -0.39 is 0 Å². The molecule has 1 aromatic rings. The molecule has 1 amide bonds. The lowest BCUT2D eigenvalue weighted by Crippen LogP contribution is -2.35. The van der Waals surface area contributed by atoms with Gasteiger partial charge in [0.2, 0.25) is 5.91 Å². The van der Waals surface area contributed by atoms with Crippen molar-refractivity contribution in [3.05, 3.63) is 18.2 Å². The Labute approximate surface area is 134 Å². The van der Waals surface area contributed by atoms with Gasteiger partial charge in [-0.3, -0.25) is 9.59 Å². The first-order chi connectivity index (χ1) is 11.1. The quantitative estimate of drug-likeness (QED) is 0.858. The second-order valence-corrected chi connectivity index (χ2v) is 6.48. The van der Waals surface area contributed by atoms with Crippen molar-refractivity contribution in [2.45, 2.75) is 18.9 Å². The second kappa shape index (κ2) is 5.15. The number of benzene rings is 1. The number of amides is 1. The average molecular weight is 317 g/mol. The van der Waals surface area contributed by atoms with Crippen LogP contribution in [0.15, 0.2) is 18.2 Å². The number of carbonyl (C=O) groups excluding carboxylic acids is 2. The minimum Gasteiger partial charge on any atom is -0.497 e. The summed E-state index contributed by atoms with van der Waals surface area (Å²) in [4.78, 5) is 24.8. The monoisotopic (exact) mass is 317 g/mol. The Bertz CT molecular complexity index is 671. The van der Waals surface area contributed by atoms with Gasteiger partial charge in [0.25, 0.3) is 0 Å². The minimum absolute atomic E-state index is 0.0351. The molecule has 2 saturated carbocycles. The molecule has 3 aliphatic rings. The third kappa shape index (κ3) is 2.08. The Morgan fingerprint density at radius 1 is 1.26 bits per heavy atom. The first kappa shape index (κ1) is 14.4. The van der Waals surface area contributed by atoms with Crippen molar-refractivity contribution in [3.8, 4) is 11.5 Å². The van der Waals surface area contributed by atoms with Gasteiger partial charge in [0.05, 0.1) is 31.7 Å². The number of fused-ring (bicyclic) bond motifs is 1. The van der Waals surface area contributed by atoms with Crippen LogP contribution in [0.5, 0.6) is 11.5 Å². The van der Waals surface area contributed by atoms with Gasteiger partial charge in [-0.15, -0.1) is 0 Å². The molecule has 1 saturated heterocycles. The molecule has 5 atom stereocenters. The van der Waals surface area contributed by atoms with Gasteiger partial charge in [-0.05, 0) is 30.9 Å². The number of carbonyl (C=O) groups is 2. The third-order valence-electron chi connectivity index (χ3n) is 5.45. The predicted octanol–water partition coefficient (Wildman–Crippen LogP) is 1.84. The zero-order chi connectivity index (χ0) is 16.1. The number of methoxy groups -OCH3 is 2. The van der Waals surface area contributed by atoms with Crippen LogP contribution in [-0.2, 0) is 14.3 Å². The summed E-state index contributed by atoms with van der Waals surface area (Å²) >= 11 is 0. The van der Waals surface area contributed by atoms with Gasteiger partial charge in [0, 0.05) is 12.0 Å². The molecule has 0 radical (unpaired) electrons. The van der Waals surface area contributed by atoms with Gasteiger partial charge >= 0.3 is 5.97 Å². The van der Waals surface area contributed by atoms with E-state index in [0.717, 1.165) is 12.8 Å². The number of hydrogen-bond acceptors (Lipinski definition) is 5. The summed E-state index contributed by atoms with van der Waals surface area (Å²) in [6, 6.07) is 5.24. The van der Waals surface area contributed by atoms with Crippen LogP contribution in [0.1, 0.15) is 12.8 Å². The van der Waals surface area contributed by atoms with Crippen LogP contribution < -0.4 is 14.8 Å². The van der Waals surface area contributed by atoms with E-state index in [0.29, 0.717) is 17.2 Å². The highest BCUT2D eigenvalue weighted by Crippen LogP contribution is 2.57. The summed E-state index contributed by atoms with van der Waals surface area (Å²) in [7, 11) is 3.12. The molecule has 0 unspecified atom stereocenters. The van der Waals surface area contributed by atoms with Crippen LogP contribution in [-0.4, -0.2) is 32.2 Å². The van der Waals surface area contributed by atoms with Gasteiger partial charge in [-0.1, -0.05) is 0 Å². The highest BCUT2D eigenvalue weighted by atomic mass is 16.6. The number of hydrogen-bond donors (Lipinski definition) is 1. The van der Waals surface area contributed by atoms with Crippen LogP contribution >= 0.6 is 0 Å². The number of anilines is 1. The Kier molecular flexibility index (Phi) is 3.21. The molecule has 1 heterocycles. The number of rotatable bonds is 4. The number of esters is 1. The van der Waals surface area contributed by atoms with Crippen LogP contribution in [0.4, 0.5) is 5.69 Å². The standard InChI is InChI=1S/C17H19NO5/c1-21-9-3-4-12(22-2)11(7-9)18-16(19)14-8-5-10-13(6-8)23-17(20)15(10)14/h3-4,7-8,10,13-15H,5-6H2,1-2H3,(H,18,19)/t8-,10-,13-,14+,15+/m1/s1. The maximum atomic E-state index is 12.8. The summed E-state index contributed by atoms with van der Waals surface area (Å²) in [5, 5.41) is 2.91. The van der Waals surface area contributed by atoms with Gasteiger partial charge in [-0.25, -0.2) is 0 Å². The van der Waals surface area contributed by atoms with Gasteiger partial charge in [0.15, 0.2) is 0 Å². The zero-order valence-corrected chi connectivity index (χ0v) is 13.1. The van der Waals surface area contributed by atoms with Gasteiger partial charge < -0.3 is 19.5 Å². The molecular formula is C17H19NO5. The molecule has 1 aromatic carbocycles. The molecule has 1 aliphatic heterocycles. The average Bonchev–Trinajstić information content (AvgIpc) is 3.16. The summed E-state index contributed by atoms with van der Waals surface area (Å²) in [5.41, 5.74) is 0.558. The van der Waals surface area contributed by atoms with Crippen molar-refractivity contribution < 1.29 is 23.8 Å². The first-order valence-corrected chi connectivity index (χ1v) is 7.85. The SMILES string of the molecule is COc1ccc(OC)c(NC(=O)[C@H]2[C@@H]3C[C@H]4[C@@H]2C(=O)O[C@@H]4C3)c1. The Balaban J connectivity index is 1.58. The van der Waals surface area contributed by atoms with Crippen molar-refractivity contribution in [3.63, 3.8) is 0 Å². The lowest BCUT2D eigenvalue weighted by molar-refractivity contribution is -0.145. The Morgan fingerprint density at radius 3 is 2.83 bits per heavy atom. The van der Waals surface area contributed by atoms with Crippen LogP contribution in [0.25, 0.3) is 0 Å². The summed E-state index contributed by atoms with van der Waals surface area (Å²) < 4.78 is 15.9. The lowest BCUT2D eigenvalue weighted by Gasteiger charge is -2.24. The fourth-order valence-electron chi connectivity index (χ4n) is 4.49. The molecule has 0 spiro atoms. The van der Waals surface area contributed by atoms with Crippen LogP contribution in [0, 0.1) is 23.7 Å². The van der Waals surface area contributed by atoms with Gasteiger partial charge in [-0.2, -0.15) is 0 Å². The second-order valence-electron chi connectivity index (χ2n) is 6.48. The smallest absolute Gasteiger partial charge is 0.310 e. The van der Waals surface area contributed by atoms with E-state index in [1.807, 2.05) is 0 Å². The molecule has 2 bridgehead atoms. The first-order valence-electron chi connectivity index (χ1n) is 7.85. The third-order valence-corrected chi connectivity index (χ3v) is 5.45. The van der Waals surface area contributed by atoms with E-state index in [2.05, 4.69) is 5.32 Å². The lowest BCUT2D eigenvalue weighted by atomic mass is 9.79. The molecule has 1 N–H and O–H groups in total. The van der Waals surface area contributed by atoms with Gasteiger partial charge in [0.1, 0.15) is 17.6 Å². The van der Waals surface area contributed by atoms with Crippen LogP contribution in [0.3, 0.4) is 0 Å². The summed E-state index contributed by atoms with van der Waals surface area (Å²) in [6.07, 6.45) is 1.75. The topological polar surface area (TPSA) is 73.9 Å². The normalized spacial score (nSPS) is 33.5. The molecule has 2 aliphatic carbocycles. The molecule has 122 valence electrons. The summed E-state index contributed by atoms with van der Waals surface area (Å²) in [6.45, 7) is 0. The van der Waals surface area contributed by atoms with E-state index in [4.69, 9.17) is 14.2 Å². The van der Waals surface area contributed by atoms with Crippen LogP contribution in [0.2, 0.25) is 0 Å². The largest absolute Gasteiger partial charge is 0.497 e. The molecule has 6 heteroatoms. The zero-order valence-electron chi connectivity index (χ0n) is 13.1. The van der Waals surface area contributed by atoms with Crippen molar-refractivity contribution >= 4 is 17.6 Å². The van der Waals surface area contributed by atoms with E-state index in [9.17, 15) is 9.59 Å². The van der Waals surface area contributed by atoms with E-state index in [1.54, 1.807) is 32.4 Å². The highest BCUT2D eigenvalue weighted by molar-refractivity contribution is 5.98. The predicted molar refractivity (Wildman–Crippen MR) is 81.2 cm³/mol. The van der Waals surface area contributed by atoms with E-state index in [-0.39, 0.29) is 41.7 Å². The number of ether oxygens (including phenoxy) is 3. The summed E-state index contributed by atoms with van der Waals surface area (Å²) in [5.74, 6) is 0.721. The molecule has 4 rings (SSSR count). The van der Waals surface area contributed by atoms with Crippen molar-refractivity contribution in [1.29, 1.82) is 0 Å². The maximum Gasteiger partial charge on any atom is 0.310 e. The van der Waals surface area contributed by atoms with Crippen molar-refractivity contribution in [2.24, 2.45) is 23.7 Å². The Hall–Kier alpha value is -2.24. The molecule has 23 heavy (non-hydrogen) atoms. The highest BCUT2D eigenvalue weighted by Gasteiger charge is 2.63. The molecule has 0 aromatic heterocycles.